The molecule has 0 saturated carbocycles. The first-order chi connectivity index (χ1) is 19.3. The molecule has 0 aliphatic carbocycles. The van der Waals surface area contributed by atoms with E-state index in [0.717, 1.165) is 37.9 Å². The average molecular weight is 573 g/mol. The number of ether oxygens (including phenoxy) is 4. The van der Waals surface area contributed by atoms with E-state index in [9.17, 15) is 14.7 Å². The SMILES string of the molecule is CCCCCCCCCCCCOC(=O)C(O)CO.CCOC(C)OCC.CCc1c(C=O)ccc(O)c1OC. The highest BCUT2D eigenvalue weighted by Gasteiger charge is 2.14. The molecule has 234 valence electrons. The number of benzene rings is 1. The van der Waals surface area contributed by atoms with Gasteiger partial charge < -0.3 is 34.3 Å². The van der Waals surface area contributed by atoms with E-state index in [1.165, 1.54) is 64.5 Å². The van der Waals surface area contributed by atoms with Gasteiger partial charge in [0.05, 0.1) is 20.3 Å². The number of unbranched alkanes of at least 4 members (excludes halogenated alkanes) is 9. The first-order valence-corrected chi connectivity index (χ1v) is 14.8. The number of esters is 1. The van der Waals surface area contributed by atoms with E-state index in [-0.39, 0.29) is 12.0 Å². The van der Waals surface area contributed by atoms with Crippen molar-refractivity contribution < 1.29 is 43.9 Å². The Morgan fingerprint density at radius 1 is 0.900 bits per heavy atom. The first kappa shape index (κ1) is 39.9. The average Bonchev–Trinajstić information content (AvgIpc) is 2.96. The maximum Gasteiger partial charge on any atom is 0.337 e. The zero-order valence-corrected chi connectivity index (χ0v) is 25.8. The molecule has 1 atom stereocenters. The predicted molar refractivity (Wildman–Crippen MR) is 158 cm³/mol. The normalized spacial score (nSPS) is 11.1. The molecule has 0 bridgehead atoms. The molecule has 9 heteroatoms. The summed E-state index contributed by atoms with van der Waals surface area (Å²) >= 11 is 0. The van der Waals surface area contributed by atoms with Crippen molar-refractivity contribution in [3.8, 4) is 11.5 Å². The number of hydrogen-bond acceptors (Lipinski definition) is 9. The van der Waals surface area contributed by atoms with Crippen LogP contribution in [0.3, 0.4) is 0 Å². The fourth-order valence-electron chi connectivity index (χ4n) is 3.78. The minimum absolute atomic E-state index is 0.0370. The molecule has 0 spiro atoms. The van der Waals surface area contributed by atoms with Crippen LogP contribution in [0.1, 0.15) is 115 Å². The lowest BCUT2D eigenvalue weighted by molar-refractivity contribution is -0.155. The number of aliphatic hydroxyl groups is 2. The number of aromatic hydroxyl groups is 1. The second kappa shape index (κ2) is 28.3. The Labute approximate surface area is 242 Å². The summed E-state index contributed by atoms with van der Waals surface area (Å²) in [7, 11) is 1.47. The monoisotopic (exact) mass is 572 g/mol. The third-order valence-electron chi connectivity index (χ3n) is 5.95. The minimum Gasteiger partial charge on any atom is -0.504 e. The van der Waals surface area contributed by atoms with Gasteiger partial charge in [-0.15, -0.1) is 0 Å². The van der Waals surface area contributed by atoms with Crippen LogP contribution in [0.4, 0.5) is 0 Å². The van der Waals surface area contributed by atoms with Crippen LogP contribution in [0.5, 0.6) is 11.5 Å². The number of aliphatic hydroxyl groups excluding tert-OH is 2. The summed E-state index contributed by atoms with van der Waals surface area (Å²) < 4.78 is 19.9. The maximum atomic E-state index is 11.0. The van der Waals surface area contributed by atoms with Crippen molar-refractivity contribution in [2.45, 2.75) is 118 Å². The Hall–Kier alpha value is -2.20. The molecule has 0 aliphatic heterocycles. The quantitative estimate of drug-likeness (QED) is 0.0746. The summed E-state index contributed by atoms with van der Waals surface area (Å²) in [5.41, 5.74) is 1.31. The Morgan fingerprint density at radius 3 is 1.85 bits per heavy atom. The van der Waals surface area contributed by atoms with Crippen molar-refractivity contribution in [1.82, 2.24) is 0 Å². The topological polar surface area (TPSA) is 132 Å². The van der Waals surface area contributed by atoms with Gasteiger partial charge in [-0.2, -0.15) is 0 Å². The number of phenolic OH excluding ortho intramolecular Hbond substituents is 1. The van der Waals surface area contributed by atoms with Gasteiger partial charge >= 0.3 is 5.97 Å². The fourth-order valence-corrected chi connectivity index (χ4v) is 3.78. The number of carbonyl (C=O) groups excluding carboxylic acids is 2. The van der Waals surface area contributed by atoms with Crippen LogP contribution >= 0.6 is 0 Å². The third-order valence-corrected chi connectivity index (χ3v) is 5.95. The van der Waals surface area contributed by atoms with E-state index in [2.05, 4.69) is 6.92 Å². The summed E-state index contributed by atoms with van der Waals surface area (Å²) in [6, 6.07) is 3.05. The van der Waals surface area contributed by atoms with Crippen LogP contribution < -0.4 is 4.74 Å². The van der Waals surface area contributed by atoms with Gasteiger partial charge in [0.2, 0.25) is 0 Å². The molecule has 0 fully saturated rings. The molecule has 0 aromatic heterocycles. The number of rotatable bonds is 20. The van der Waals surface area contributed by atoms with Gasteiger partial charge in [0.1, 0.15) is 6.29 Å². The molecule has 1 aromatic carbocycles. The van der Waals surface area contributed by atoms with Crippen LogP contribution in [0.15, 0.2) is 12.1 Å². The number of carbonyl (C=O) groups is 2. The number of phenols is 1. The highest BCUT2D eigenvalue weighted by atomic mass is 16.7. The molecule has 3 N–H and O–H groups in total. The van der Waals surface area contributed by atoms with E-state index >= 15 is 0 Å². The van der Waals surface area contributed by atoms with Crippen LogP contribution in [0, 0.1) is 0 Å². The molecule has 1 aromatic rings. The van der Waals surface area contributed by atoms with E-state index in [1.807, 2.05) is 27.7 Å². The summed E-state index contributed by atoms with van der Waals surface area (Å²) in [6.45, 7) is 11.2. The van der Waals surface area contributed by atoms with Gasteiger partial charge in [0.25, 0.3) is 0 Å². The van der Waals surface area contributed by atoms with Crippen molar-refractivity contribution >= 4 is 12.3 Å². The zero-order chi connectivity index (χ0) is 30.6. The fraction of sp³-hybridized carbons (Fsp3) is 0.742. The summed E-state index contributed by atoms with van der Waals surface area (Å²) in [5, 5.41) is 26.9. The molecule has 1 rings (SSSR count). The molecule has 0 heterocycles. The maximum absolute atomic E-state index is 11.0. The second-order valence-electron chi connectivity index (χ2n) is 9.18. The first-order valence-electron chi connectivity index (χ1n) is 14.8. The van der Waals surface area contributed by atoms with E-state index in [0.29, 0.717) is 24.3 Å². The highest BCUT2D eigenvalue weighted by molar-refractivity contribution is 5.79. The van der Waals surface area contributed by atoms with Crippen LogP contribution in [-0.2, 0) is 25.4 Å². The van der Waals surface area contributed by atoms with Crippen molar-refractivity contribution in [3.05, 3.63) is 23.3 Å². The van der Waals surface area contributed by atoms with Crippen LogP contribution in [-0.4, -0.2) is 73.5 Å². The number of hydrogen-bond donors (Lipinski definition) is 3. The number of aldehydes is 1. The zero-order valence-electron chi connectivity index (χ0n) is 25.8. The molecule has 0 aliphatic rings. The van der Waals surface area contributed by atoms with E-state index < -0.39 is 18.7 Å². The molecule has 0 amide bonds. The van der Waals surface area contributed by atoms with Gasteiger partial charge in [-0.3, -0.25) is 4.79 Å². The third kappa shape index (κ3) is 20.7. The number of methoxy groups -OCH3 is 1. The Bertz CT molecular complexity index is 734. The second-order valence-corrected chi connectivity index (χ2v) is 9.18. The van der Waals surface area contributed by atoms with Crippen LogP contribution in [0.25, 0.3) is 0 Å². The minimum atomic E-state index is -1.39. The molecule has 9 nitrogen and oxygen atoms in total. The summed E-state index contributed by atoms with van der Waals surface area (Å²) in [4.78, 5) is 21.6. The van der Waals surface area contributed by atoms with Gasteiger partial charge in [0, 0.05) is 24.3 Å². The van der Waals surface area contributed by atoms with Gasteiger partial charge in [-0.1, -0.05) is 71.6 Å². The molecule has 1 unspecified atom stereocenters. The van der Waals surface area contributed by atoms with E-state index in [1.54, 1.807) is 6.07 Å². The Morgan fingerprint density at radius 2 is 1.43 bits per heavy atom. The van der Waals surface area contributed by atoms with Gasteiger partial charge in [-0.05, 0) is 45.7 Å². The lowest BCUT2D eigenvalue weighted by Gasteiger charge is -2.10. The standard InChI is InChI=1S/C15H30O4.C10H12O3.C6H14O2/c1-2-3-4-5-6-7-8-9-10-11-12-19-15(18)14(17)13-16;1-3-8-7(6-11)4-5-9(12)10(8)13-2;1-4-7-6(3)8-5-2/h14,16-17H,2-13H2,1H3;4-6,12H,3H2,1-2H3;6H,4-5H2,1-3H3. The van der Waals surface area contributed by atoms with Gasteiger partial charge in [-0.25, -0.2) is 4.79 Å². The summed E-state index contributed by atoms with van der Waals surface area (Å²) in [5.74, 6) is -0.254. The van der Waals surface area contributed by atoms with Gasteiger partial charge in [0.15, 0.2) is 23.9 Å². The van der Waals surface area contributed by atoms with Crippen molar-refractivity contribution in [3.63, 3.8) is 0 Å². The van der Waals surface area contributed by atoms with Crippen molar-refractivity contribution in [1.29, 1.82) is 0 Å². The predicted octanol–water partition coefficient (Wildman–Crippen LogP) is 5.98. The largest absolute Gasteiger partial charge is 0.504 e. The highest BCUT2D eigenvalue weighted by Crippen LogP contribution is 2.32. The lowest BCUT2D eigenvalue weighted by atomic mass is 10.0. The lowest BCUT2D eigenvalue weighted by Crippen LogP contribution is -2.26. The van der Waals surface area contributed by atoms with E-state index in [4.69, 9.17) is 29.2 Å². The summed E-state index contributed by atoms with van der Waals surface area (Å²) in [6.07, 6.45) is 12.3. The smallest absolute Gasteiger partial charge is 0.337 e. The molecular formula is C31H56O9. The molecular weight excluding hydrogens is 516 g/mol. The molecule has 0 radical (unpaired) electrons. The van der Waals surface area contributed by atoms with Crippen molar-refractivity contribution in [2.24, 2.45) is 0 Å². The molecule has 40 heavy (non-hydrogen) atoms. The molecule has 0 saturated heterocycles. The van der Waals surface area contributed by atoms with Crippen molar-refractivity contribution in [2.75, 3.05) is 33.5 Å². The Kier molecular flexibility index (Phi) is 28.3. The van der Waals surface area contributed by atoms with Crippen LogP contribution in [0.2, 0.25) is 0 Å². The Balaban J connectivity index is 0.